The standard InChI is InChI=1S/C8H8N2O2S/c9-7(11)6(8(10)13)4-5-2-1-3-12-5/h1-4H,(H2,9,11)(H2,10,13). The summed E-state index contributed by atoms with van der Waals surface area (Å²) in [5.41, 5.74) is 10.4. The van der Waals surface area contributed by atoms with Gasteiger partial charge in [-0.2, -0.15) is 0 Å². The Morgan fingerprint density at radius 2 is 2.23 bits per heavy atom. The minimum Gasteiger partial charge on any atom is -0.465 e. The van der Waals surface area contributed by atoms with E-state index in [1.165, 1.54) is 12.3 Å². The molecule has 0 saturated heterocycles. The van der Waals surface area contributed by atoms with Gasteiger partial charge in [0.05, 0.1) is 11.8 Å². The van der Waals surface area contributed by atoms with Crippen molar-refractivity contribution < 1.29 is 9.21 Å². The smallest absolute Gasteiger partial charge is 0.251 e. The third-order valence-electron chi connectivity index (χ3n) is 1.36. The van der Waals surface area contributed by atoms with E-state index in [1.807, 2.05) is 0 Å². The lowest BCUT2D eigenvalue weighted by Crippen LogP contribution is -2.24. The zero-order valence-corrected chi connectivity index (χ0v) is 7.51. The van der Waals surface area contributed by atoms with Gasteiger partial charge in [0.15, 0.2) is 0 Å². The van der Waals surface area contributed by atoms with E-state index in [0.29, 0.717) is 5.76 Å². The molecule has 1 heterocycles. The van der Waals surface area contributed by atoms with Crippen molar-refractivity contribution in [3.63, 3.8) is 0 Å². The molecule has 0 fully saturated rings. The Kier molecular flexibility index (Phi) is 2.81. The number of nitrogens with two attached hydrogens (primary N) is 2. The van der Waals surface area contributed by atoms with E-state index >= 15 is 0 Å². The van der Waals surface area contributed by atoms with Crippen LogP contribution in [0.2, 0.25) is 0 Å². The average molecular weight is 196 g/mol. The predicted molar refractivity (Wildman–Crippen MR) is 52.7 cm³/mol. The van der Waals surface area contributed by atoms with Crippen molar-refractivity contribution in [3.8, 4) is 0 Å². The average Bonchev–Trinajstić information content (AvgIpc) is 2.50. The SMILES string of the molecule is NC(=O)C(=Cc1ccco1)C(N)=S. The molecule has 68 valence electrons. The maximum absolute atomic E-state index is 10.8. The van der Waals surface area contributed by atoms with Gasteiger partial charge >= 0.3 is 0 Å². The van der Waals surface area contributed by atoms with Crippen LogP contribution in [0.5, 0.6) is 0 Å². The molecular formula is C8H8N2O2S. The molecule has 0 atom stereocenters. The first kappa shape index (κ1) is 9.47. The second kappa shape index (κ2) is 3.86. The number of amides is 1. The fraction of sp³-hybridized carbons (Fsp3) is 0. The monoisotopic (exact) mass is 196 g/mol. The van der Waals surface area contributed by atoms with Gasteiger partial charge in [0, 0.05) is 0 Å². The van der Waals surface area contributed by atoms with Gasteiger partial charge in [-0.3, -0.25) is 4.79 Å². The number of hydrogen-bond donors (Lipinski definition) is 2. The highest BCUT2D eigenvalue weighted by atomic mass is 32.1. The molecule has 1 aromatic rings. The molecule has 4 N–H and O–H groups in total. The van der Waals surface area contributed by atoms with E-state index in [0.717, 1.165) is 0 Å². The van der Waals surface area contributed by atoms with Crippen LogP contribution in [0.4, 0.5) is 0 Å². The molecule has 0 saturated carbocycles. The Balaban J connectivity index is 3.01. The third-order valence-corrected chi connectivity index (χ3v) is 1.58. The predicted octanol–water partition coefficient (Wildman–Crippen LogP) is 0.434. The van der Waals surface area contributed by atoms with E-state index in [4.69, 9.17) is 15.9 Å². The summed E-state index contributed by atoms with van der Waals surface area (Å²) in [5.74, 6) is -0.175. The lowest BCUT2D eigenvalue weighted by atomic mass is 10.2. The van der Waals surface area contributed by atoms with Crippen molar-refractivity contribution in [1.82, 2.24) is 0 Å². The number of primary amides is 1. The molecule has 0 bridgehead atoms. The van der Waals surface area contributed by atoms with Gasteiger partial charge in [0.2, 0.25) is 0 Å². The van der Waals surface area contributed by atoms with Gasteiger partial charge < -0.3 is 15.9 Å². The van der Waals surface area contributed by atoms with Crippen molar-refractivity contribution in [2.75, 3.05) is 0 Å². The van der Waals surface area contributed by atoms with Gasteiger partial charge in [-0.05, 0) is 18.2 Å². The Bertz CT molecular complexity index is 338. The maximum atomic E-state index is 10.8. The van der Waals surface area contributed by atoms with Crippen LogP contribution < -0.4 is 11.5 Å². The summed E-state index contributed by atoms with van der Waals surface area (Å²) >= 11 is 4.63. The van der Waals surface area contributed by atoms with Gasteiger partial charge in [-0.15, -0.1) is 0 Å². The van der Waals surface area contributed by atoms with E-state index in [2.05, 4.69) is 12.2 Å². The third kappa shape index (κ3) is 2.41. The first-order valence-corrected chi connectivity index (χ1v) is 3.87. The molecule has 4 nitrogen and oxygen atoms in total. The number of rotatable bonds is 3. The van der Waals surface area contributed by atoms with E-state index in [1.54, 1.807) is 12.1 Å². The highest BCUT2D eigenvalue weighted by molar-refractivity contribution is 7.80. The van der Waals surface area contributed by atoms with Gasteiger partial charge in [0.1, 0.15) is 10.7 Å². The molecule has 13 heavy (non-hydrogen) atoms. The molecular weight excluding hydrogens is 188 g/mol. The maximum Gasteiger partial charge on any atom is 0.251 e. The summed E-state index contributed by atoms with van der Waals surface area (Å²) in [4.78, 5) is 10.8. The van der Waals surface area contributed by atoms with Crippen molar-refractivity contribution in [2.45, 2.75) is 0 Å². The second-order valence-corrected chi connectivity index (χ2v) is 2.74. The fourth-order valence-electron chi connectivity index (χ4n) is 0.779. The molecule has 0 aromatic carbocycles. The first-order valence-electron chi connectivity index (χ1n) is 3.46. The lowest BCUT2D eigenvalue weighted by Gasteiger charge is -1.97. The zero-order chi connectivity index (χ0) is 9.84. The normalized spacial score (nSPS) is 11.2. The first-order chi connectivity index (χ1) is 6.11. The minimum atomic E-state index is -0.663. The zero-order valence-electron chi connectivity index (χ0n) is 6.69. The van der Waals surface area contributed by atoms with Crippen LogP contribution in [0.25, 0.3) is 6.08 Å². The molecule has 0 radical (unpaired) electrons. The molecule has 1 rings (SSSR count). The Morgan fingerprint density at radius 3 is 2.62 bits per heavy atom. The molecule has 0 aliphatic heterocycles. The number of carbonyl (C=O) groups excluding carboxylic acids is 1. The molecule has 1 amide bonds. The van der Waals surface area contributed by atoms with Crippen LogP contribution in [-0.4, -0.2) is 10.9 Å². The molecule has 5 heteroatoms. The van der Waals surface area contributed by atoms with Crippen LogP contribution >= 0.6 is 12.2 Å². The topological polar surface area (TPSA) is 82.2 Å². The summed E-state index contributed by atoms with van der Waals surface area (Å²) in [7, 11) is 0. The highest BCUT2D eigenvalue weighted by Crippen LogP contribution is 2.07. The number of carbonyl (C=O) groups is 1. The Hall–Kier alpha value is -1.62. The number of furan rings is 1. The second-order valence-electron chi connectivity index (χ2n) is 2.30. The van der Waals surface area contributed by atoms with Gasteiger partial charge in [0.25, 0.3) is 5.91 Å². The molecule has 0 aliphatic rings. The summed E-state index contributed by atoms with van der Waals surface area (Å²) < 4.78 is 4.96. The quantitative estimate of drug-likeness (QED) is 0.542. The van der Waals surface area contributed by atoms with E-state index in [9.17, 15) is 4.79 Å². The van der Waals surface area contributed by atoms with Crippen LogP contribution in [-0.2, 0) is 4.79 Å². The molecule has 0 unspecified atom stereocenters. The summed E-state index contributed by atoms with van der Waals surface area (Å²) in [5, 5.41) is 0. The van der Waals surface area contributed by atoms with Crippen LogP contribution in [0, 0.1) is 0 Å². The largest absolute Gasteiger partial charge is 0.465 e. The molecule has 0 aliphatic carbocycles. The summed E-state index contributed by atoms with van der Waals surface area (Å²) in [6.45, 7) is 0. The van der Waals surface area contributed by atoms with Crippen molar-refractivity contribution in [3.05, 3.63) is 29.7 Å². The van der Waals surface area contributed by atoms with Gasteiger partial charge in [-0.1, -0.05) is 12.2 Å². The van der Waals surface area contributed by atoms with Crippen molar-refractivity contribution in [1.29, 1.82) is 0 Å². The minimum absolute atomic E-state index is 0.0381. The van der Waals surface area contributed by atoms with E-state index < -0.39 is 5.91 Å². The Morgan fingerprint density at radius 1 is 1.54 bits per heavy atom. The van der Waals surface area contributed by atoms with Crippen molar-refractivity contribution in [2.24, 2.45) is 11.5 Å². The highest BCUT2D eigenvalue weighted by Gasteiger charge is 2.08. The van der Waals surface area contributed by atoms with Gasteiger partial charge in [-0.25, -0.2) is 0 Å². The molecule has 0 spiro atoms. The van der Waals surface area contributed by atoms with Crippen molar-refractivity contribution >= 4 is 29.2 Å². The summed E-state index contributed by atoms with van der Waals surface area (Å²) in [6.07, 6.45) is 2.88. The van der Waals surface area contributed by atoms with Crippen LogP contribution in [0.1, 0.15) is 5.76 Å². The fourth-order valence-corrected chi connectivity index (χ4v) is 0.939. The van der Waals surface area contributed by atoms with E-state index in [-0.39, 0.29) is 10.6 Å². The number of thiocarbonyl (C=S) groups is 1. The van der Waals surface area contributed by atoms with Crippen LogP contribution in [0.15, 0.2) is 28.4 Å². The molecule has 1 aromatic heterocycles. The van der Waals surface area contributed by atoms with Crippen LogP contribution in [0.3, 0.4) is 0 Å². The Labute approximate surface area is 80.2 Å². The summed E-state index contributed by atoms with van der Waals surface area (Å²) in [6, 6.07) is 3.35. The number of hydrogen-bond acceptors (Lipinski definition) is 3. The lowest BCUT2D eigenvalue weighted by molar-refractivity contribution is -0.114.